The standard InChI is InChI=1S/C8H16N2O2S/c1-8(2)4-7-13(11,12)10(3)6-5-9/h8H,4,6-7H2,1-3H3. The maximum atomic E-state index is 11.4. The summed E-state index contributed by atoms with van der Waals surface area (Å²) in [6.07, 6.45) is 0.637. The molecule has 4 nitrogen and oxygen atoms in total. The molecule has 0 aromatic heterocycles. The highest BCUT2D eigenvalue weighted by Gasteiger charge is 2.17. The number of hydrogen-bond donors (Lipinski definition) is 0. The third-order valence-corrected chi connectivity index (χ3v) is 3.55. The fourth-order valence-electron chi connectivity index (χ4n) is 0.738. The molecule has 0 aliphatic heterocycles. The van der Waals surface area contributed by atoms with E-state index in [0.717, 1.165) is 4.31 Å². The lowest BCUT2D eigenvalue weighted by Gasteiger charge is -2.14. The zero-order valence-electron chi connectivity index (χ0n) is 8.32. The van der Waals surface area contributed by atoms with E-state index in [2.05, 4.69) is 0 Å². The molecular weight excluding hydrogens is 188 g/mol. The maximum absolute atomic E-state index is 11.4. The van der Waals surface area contributed by atoms with Crippen LogP contribution in [-0.2, 0) is 10.0 Å². The molecule has 0 N–H and O–H groups in total. The molecule has 0 bridgehead atoms. The van der Waals surface area contributed by atoms with Gasteiger partial charge in [-0.1, -0.05) is 13.8 Å². The molecule has 0 aliphatic carbocycles. The molecule has 0 spiro atoms. The molecule has 0 amide bonds. The molecule has 0 heterocycles. The highest BCUT2D eigenvalue weighted by molar-refractivity contribution is 7.89. The second kappa shape index (κ2) is 5.20. The first kappa shape index (κ1) is 12.4. The van der Waals surface area contributed by atoms with Crippen LogP contribution in [0.3, 0.4) is 0 Å². The van der Waals surface area contributed by atoms with Crippen molar-refractivity contribution < 1.29 is 8.42 Å². The summed E-state index contributed by atoms with van der Waals surface area (Å²) < 4.78 is 23.9. The molecule has 13 heavy (non-hydrogen) atoms. The Kier molecular flexibility index (Phi) is 4.96. The van der Waals surface area contributed by atoms with Crippen molar-refractivity contribution >= 4 is 10.0 Å². The first-order chi connectivity index (χ1) is 5.90. The molecule has 0 atom stereocenters. The van der Waals surface area contributed by atoms with Crippen molar-refractivity contribution in [2.45, 2.75) is 20.3 Å². The van der Waals surface area contributed by atoms with Crippen LogP contribution in [0.4, 0.5) is 0 Å². The number of hydrogen-bond acceptors (Lipinski definition) is 3. The van der Waals surface area contributed by atoms with E-state index in [0.29, 0.717) is 12.3 Å². The topological polar surface area (TPSA) is 61.2 Å². The van der Waals surface area contributed by atoms with Crippen molar-refractivity contribution in [2.24, 2.45) is 5.92 Å². The normalized spacial score (nSPS) is 12.0. The lowest BCUT2D eigenvalue weighted by molar-refractivity contribution is 0.492. The Hall–Kier alpha value is -0.600. The number of nitriles is 1. The molecule has 0 radical (unpaired) electrons. The second-order valence-corrected chi connectivity index (χ2v) is 5.61. The molecule has 0 saturated heterocycles. The van der Waals surface area contributed by atoms with E-state index in [1.165, 1.54) is 7.05 Å². The van der Waals surface area contributed by atoms with Crippen LogP contribution in [0.25, 0.3) is 0 Å². The van der Waals surface area contributed by atoms with Crippen molar-refractivity contribution in [1.82, 2.24) is 4.31 Å². The van der Waals surface area contributed by atoms with Crippen LogP contribution in [0.15, 0.2) is 0 Å². The van der Waals surface area contributed by atoms with E-state index in [9.17, 15) is 8.42 Å². The fourth-order valence-corrected chi connectivity index (χ4v) is 2.07. The van der Waals surface area contributed by atoms with E-state index >= 15 is 0 Å². The Morgan fingerprint density at radius 2 is 2.00 bits per heavy atom. The largest absolute Gasteiger partial charge is 0.214 e. The summed E-state index contributed by atoms with van der Waals surface area (Å²) in [5.41, 5.74) is 0. The van der Waals surface area contributed by atoms with Crippen LogP contribution < -0.4 is 0 Å². The molecule has 0 rings (SSSR count). The highest BCUT2D eigenvalue weighted by Crippen LogP contribution is 2.05. The maximum Gasteiger partial charge on any atom is 0.214 e. The van der Waals surface area contributed by atoms with Gasteiger partial charge in [0.15, 0.2) is 0 Å². The van der Waals surface area contributed by atoms with Crippen LogP contribution in [0.2, 0.25) is 0 Å². The van der Waals surface area contributed by atoms with Crippen molar-refractivity contribution in [3.05, 3.63) is 0 Å². The first-order valence-electron chi connectivity index (χ1n) is 4.21. The average Bonchev–Trinajstić information content (AvgIpc) is 2.01. The van der Waals surface area contributed by atoms with Gasteiger partial charge in [0, 0.05) is 7.05 Å². The summed E-state index contributed by atoms with van der Waals surface area (Å²) >= 11 is 0. The van der Waals surface area contributed by atoms with Gasteiger partial charge in [0.2, 0.25) is 10.0 Å². The summed E-state index contributed by atoms with van der Waals surface area (Å²) in [5.74, 6) is 0.494. The van der Waals surface area contributed by atoms with Crippen molar-refractivity contribution in [3.8, 4) is 6.07 Å². The van der Waals surface area contributed by atoms with Gasteiger partial charge in [0.25, 0.3) is 0 Å². The third-order valence-electron chi connectivity index (χ3n) is 1.72. The molecule has 0 saturated carbocycles. The summed E-state index contributed by atoms with van der Waals surface area (Å²) in [6.45, 7) is 3.88. The van der Waals surface area contributed by atoms with Gasteiger partial charge < -0.3 is 0 Å². The van der Waals surface area contributed by atoms with Gasteiger partial charge in [-0.05, 0) is 12.3 Å². The summed E-state index contributed by atoms with van der Waals surface area (Å²) in [7, 11) is -1.78. The van der Waals surface area contributed by atoms with E-state index in [4.69, 9.17) is 5.26 Å². The summed E-state index contributed by atoms with van der Waals surface area (Å²) in [5, 5.41) is 8.32. The smallest absolute Gasteiger partial charge is 0.212 e. The Balaban J connectivity index is 4.17. The summed E-state index contributed by atoms with van der Waals surface area (Å²) in [4.78, 5) is 0. The zero-order chi connectivity index (χ0) is 10.5. The Labute approximate surface area is 80.2 Å². The quantitative estimate of drug-likeness (QED) is 0.623. The van der Waals surface area contributed by atoms with E-state index in [-0.39, 0.29) is 12.3 Å². The van der Waals surface area contributed by atoms with Gasteiger partial charge in [0.1, 0.15) is 6.54 Å². The Morgan fingerprint density at radius 1 is 1.46 bits per heavy atom. The predicted octanol–water partition coefficient (Wildman–Crippen LogP) is 0.818. The Bertz CT molecular complexity index is 277. The van der Waals surface area contributed by atoms with Gasteiger partial charge in [-0.25, -0.2) is 8.42 Å². The van der Waals surface area contributed by atoms with Gasteiger partial charge in [-0.15, -0.1) is 0 Å². The Morgan fingerprint density at radius 3 is 2.38 bits per heavy atom. The monoisotopic (exact) mass is 204 g/mol. The van der Waals surface area contributed by atoms with Crippen molar-refractivity contribution in [3.63, 3.8) is 0 Å². The molecular formula is C8H16N2O2S. The van der Waals surface area contributed by atoms with E-state index < -0.39 is 10.0 Å². The van der Waals surface area contributed by atoms with Crippen LogP contribution >= 0.6 is 0 Å². The molecule has 0 aliphatic rings. The minimum absolute atomic E-state index is 0.0690. The van der Waals surface area contributed by atoms with Crippen LogP contribution in [0.5, 0.6) is 0 Å². The van der Waals surface area contributed by atoms with Crippen LogP contribution in [0, 0.1) is 17.2 Å². The molecule has 0 fully saturated rings. The van der Waals surface area contributed by atoms with Crippen LogP contribution in [-0.4, -0.2) is 32.1 Å². The number of nitrogens with zero attached hydrogens (tertiary/aromatic N) is 2. The SMILES string of the molecule is CC(C)CCS(=O)(=O)N(C)CC#N. The lowest BCUT2D eigenvalue weighted by atomic mass is 10.2. The van der Waals surface area contributed by atoms with Gasteiger partial charge >= 0.3 is 0 Å². The van der Waals surface area contributed by atoms with E-state index in [1.54, 1.807) is 0 Å². The van der Waals surface area contributed by atoms with E-state index in [1.807, 2.05) is 19.9 Å². The minimum Gasteiger partial charge on any atom is -0.212 e. The number of sulfonamides is 1. The highest BCUT2D eigenvalue weighted by atomic mass is 32.2. The molecule has 0 aromatic rings. The second-order valence-electron chi connectivity index (χ2n) is 3.41. The average molecular weight is 204 g/mol. The first-order valence-corrected chi connectivity index (χ1v) is 5.82. The van der Waals surface area contributed by atoms with Gasteiger partial charge in [-0.3, -0.25) is 0 Å². The lowest BCUT2D eigenvalue weighted by Crippen LogP contribution is -2.30. The molecule has 5 heteroatoms. The van der Waals surface area contributed by atoms with Gasteiger partial charge in [-0.2, -0.15) is 9.57 Å². The van der Waals surface area contributed by atoms with Crippen LogP contribution in [0.1, 0.15) is 20.3 Å². The molecule has 76 valence electrons. The minimum atomic E-state index is -3.21. The predicted molar refractivity (Wildman–Crippen MR) is 51.5 cm³/mol. The summed E-state index contributed by atoms with van der Waals surface area (Å²) in [6, 6.07) is 1.81. The third kappa shape index (κ3) is 4.86. The van der Waals surface area contributed by atoms with Crippen molar-refractivity contribution in [1.29, 1.82) is 5.26 Å². The van der Waals surface area contributed by atoms with Gasteiger partial charge in [0.05, 0.1) is 11.8 Å². The molecule has 0 aromatic carbocycles. The number of rotatable bonds is 5. The fraction of sp³-hybridized carbons (Fsp3) is 0.875. The molecule has 0 unspecified atom stereocenters. The zero-order valence-corrected chi connectivity index (χ0v) is 9.13. The van der Waals surface area contributed by atoms with Crippen molar-refractivity contribution in [2.75, 3.05) is 19.3 Å².